The average Bonchev–Trinajstić information content (AvgIpc) is 2.83. The van der Waals surface area contributed by atoms with E-state index in [0.29, 0.717) is 37.4 Å². The molecule has 1 aliphatic rings. The molecular formula is C25H28ClF2N5O3. The Labute approximate surface area is 213 Å². The maximum Gasteiger partial charge on any atom is 0.410 e. The number of aromatic nitrogens is 2. The molecule has 0 unspecified atom stereocenters. The highest BCUT2D eigenvalue weighted by Gasteiger charge is 2.29. The number of piperazine rings is 1. The van der Waals surface area contributed by atoms with E-state index in [4.69, 9.17) is 26.8 Å². The van der Waals surface area contributed by atoms with E-state index in [1.807, 2.05) is 25.7 Å². The van der Waals surface area contributed by atoms with Crippen molar-refractivity contribution < 1.29 is 23.0 Å². The van der Waals surface area contributed by atoms with Crippen molar-refractivity contribution in [2.24, 2.45) is 5.73 Å². The van der Waals surface area contributed by atoms with Gasteiger partial charge in [0.2, 0.25) is 0 Å². The van der Waals surface area contributed by atoms with Crippen molar-refractivity contribution in [2.75, 3.05) is 38.2 Å². The van der Waals surface area contributed by atoms with Gasteiger partial charge >= 0.3 is 6.09 Å². The van der Waals surface area contributed by atoms with Crippen LogP contribution in [0.1, 0.15) is 26.6 Å². The number of amides is 1. The van der Waals surface area contributed by atoms with Crippen molar-refractivity contribution in [3.05, 3.63) is 46.7 Å². The van der Waals surface area contributed by atoms with Crippen molar-refractivity contribution in [2.45, 2.75) is 32.9 Å². The Hall–Kier alpha value is -3.24. The Kier molecular flexibility index (Phi) is 7.19. The van der Waals surface area contributed by atoms with E-state index in [0.717, 1.165) is 0 Å². The highest BCUT2D eigenvalue weighted by molar-refractivity contribution is 6.34. The van der Waals surface area contributed by atoms with Gasteiger partial charge in [-0.05, 0) is 39.0 Å². The standard InChI is InChI=1S/C25H28ClF2N5O3/c1-25(2,3)36-24(34)33-10-8-32(9-11-33)23-14-12-15(26)19(20-16(27)6-5-7-17(20)35-4)21(28)22(14)30-18(13-29)31-23/h5-7,12H,8-11,13,29H2,1-4H3. The van der Waals surface area contributed by atoms with Gasteiger partial charge in [0.1, 0.15) is 34.3 Å². The number of hydrogen-bond acceptors (Lipinski definition) is 7. The van der Waals surface area contributed by atoms with Gasteiger partial charge in [0.15, 0.2) is 5.82 Å². The van der Waals surface area contributed by atoms with Crippen LogP contribution in [0, 0.1) is 11.6 Å². The Morgan fingerprint density at radius 1 is 1.14 bits per heavy atom. The fourth-order valence-corrected chi connectivity index (χ4v) is 4.42. The zero-order valence-electron chi connectivity index (χ0n) is 20.6. The number of nitrogens with two attached hydrogens (primary N) is 1. The van der Waals surface area contributed by atoms with Crippen LogP contribution in [0.3, 0.4) is 0 Å². The SMILES string of the molecule is COc1cccc(F)c1-c1c(Cl)cc2c(N3CCN(C(=O)OC(C)(C)C)CC3)nc(CN)nc2c1F. The Bertz CT molecular complexity index is 1310. The first-order valence-corrected chi connectivity index (χ1v) is 11.9. The molecule has 36 heavy (non-hydrogen) atoms. The second-order valence-electron chi connectivity index (χ2n) is 9.38. The van der Waals surface area contributed by atoms with Gasteiger partial charge in [-0.25, -0.2) is 23.5 Å². The fourth-order valence-electron chi connectivity index (χ4n) is 4.13. The summed E-state index contributed by atoms with van der Waals surface area (Å²) in [5, 5.41) is 0.348. The van der Waals surface area contributed by atoms with Gasteiger partial charge in [-0.15, -0.1) is 0 Å². The number of carbonyl (C=O) groups excluding carboxylic acids is 1. The number of carbonyl (C=O) groups is 1. The van der Waals surface area contributed by atoms with Crippen molar-refractivity contribution in [3.63, 3.8) is 0 Å². The lowest BCUT2D eigenvalue weighted by atomic mass is 10.0. The summed E-state index contributed by atoms with van der Waals surface area (Å²) in [6, 6.07) is 5.73. The third-order valence-electron chi connectivity index (χ3n) is 5.77. The van der Waals surface area contributed by atoms with Crippen LogP contribution in [0.2, 0.25) is 5.02 Å². The van der Waals surface area contributed by atoms with Crippen molar-refractivity contribution >= 4 is 34.4 Å². The second-order valence-corrected chi connectivity index (χ2v) is 9.79. The minimum absolute atomic E-state index is 0.0128. The minimum Gasteiger partial charge on any atom is -0.496 e. The number of ether oxygens (including phenoxy) is 2. The molecule has 2 N–H and O–H groups in total. The van der Waals surface area contributed by atoms with Crippen molar-refractivity contribution in [1.29, 1.82) is 0 Å². The molecule has 1 fully saturated rings. The van der Waals surface area contributed by atoms with Gasteiger partial charge in [0, 0.05) is 37.1 Å². The third kappa shape index (κ3) is 5.01. The molecule has 0 atom stereocenters. The van der Waals surface area contributed by atoms with E-state index < -0.39 is 23.3 Å². The molecule has 2 aromatic carbocycles. The van der Waals surface area contributed by atoms with E-state index in [1.165, 1.54) is 31.4 Å². The predicted octanol–water partition coefficient (Wildman–Crippen LogP) is 4.75. The van der Waals surface area contributed by atoms with E-state index in [9.17, 15) is 9.18 Å². The van der Waals surface area contributed by atoms with Crippen LogP contribution in [0.25, 0.3) is 22.0 Å². The van der Waals surface area contributed by atoms with E-state index in [1.54, 1.807) is 4.90 Å². The van der Waals surface area contributed by atoms with E-state index in [2.05, 4.69) is 9.97 Å². The fraction of sp³-hybridized carbons (Fsp3) is 0.400. The average molecular weight is 520 g/mol. The van der Waals surface area contributed by atoms with Gasteiger partial charge in [-0.2, -0.15) is 0 Å². The molecule has 192 valence electrons. The first kappa shape index (κ1) is 25.8. The van der Waals surface area contributed by atoms with Crippen LogP contribution < -0.4 is 15.4 Å². The molecule has 0 spiro atoms. The zero-order valence-corrected chi connectivity index (χ0v) is 21.3. The quantitative estimate of drug-likeness (QED) is 0.531. The summed E-state index contributed by atoms with van der Waals surface area (Å²) >= 11 is 6.52. The molecule has 0 bridgehead atoms. The molecule has 4 rings (SSSR count). The molecule has 0 aliphatic carbocycles. The number of methoxy groups -OCH3 is 1. The maximum atomic E-state index is 16.0. The van der Waals surface area contributed by atoms with Crippen molar-refractivity contribution in [3.8, 4) is 16.9 Å². The summed E-state index contributed by atoms with van der Waals surface area (Å²) < 4.78 is 41.5. The summed E-state index contributed by atoms with van der Waals surface area (Å²) in [6.07, 6.45) is -0.394. The third-order valence-corrected chi connectivity index (χ3v) is 6.07. The second kappa shape index (κ2) is 10.0. The molecular weight excluding hydrogens is 492 g/mol. The molecule has 8 nitrogen and oxygen atoms in total. The normalized spacial score (nSPS) is 14.3. The van der Waals surface area contributed by atoms with E-state index in [-0.39, 0.29) is 39.8 Å². The number of anilines is 1. The number of fused-ring (bicyclic) bond motifs is 1. The van der Waals surface area contributed by atoms with Gasteiger partial charge in [0.05, 0.1) is 24.2 Å². The molecule has 11 heteroatoms. The summed E-state index contributed by atoms with van der Waals surface area (Å²) in [7, 11) is 1.37. The number of rotatable bonds is 4. The Morgan fingerprint density at radius 3 is 2.44 bits per heavy atom. The number of hydrogen-bond donors (Lipinski definition) is 1. The van der Waals surface area contributed by atoms with Crippen LogP contribution in [0.15, 0.2) is 24.3 Å². The lowest BCUT2D eigenvalue weighted by molar-refractivity contribution is 0.0240. The Balaban J connectivity index is 1.76. The van der Waals surface area contributed by atoms with Gasteiger partial charge in [-0.1, -0.05) is 17.7 Å². The highest BCUT2D eigenvalue weighted by atomic mass is 35.5. The summed E-state index contributed by atoms with van der Waals surface area (Å²) in [6.45, 7) is 7.04. The maximum absolute atomic E-state index is 16.0. The highest BCUT2D eigenvalue weighted by Crippen LogP contribution is 2.42. The van der Waals surface area contributed by atoms with Gasteiger partial charge in [0.25, 0.3) is 0 Å². The van der Waals surface area contributed by atoms with E-state index >= 15 is 4.39 Å². The number of nitrogens with zero attached hydrogens (tertiary/aromatic N) is 4. The van der Waals surface area contributed by atoms with Crippen molar-refractivity contribution in [1.82, 2.24) is 14.9 Å². The van der Waals surface area contributed by atoms with Crippen LogP contribution in [0.5, 0.6) is 5.75 Å². The van der Waals surface area contributed by atoms with Crippen LogP contribution in [-0.2, 0) is 11.3 Å². The molecule has 1 aliphatic heterocycles. The lowest BCUT2D eigenvalue weighted by Crippen LogP contribution is -2.50. The van der Waals surface area contributed by atoms with Crippen LogP contribution in [0.4, 0.5) is 19.4 Å². The minimum atomic E-state index is -0.799. The summed E-state index contributed by atoms with van der Waals surface area (Å²) in [5.41, 5.74) is 4.95. The molecule has 3 aromatic rings. The van der Waals surface area contributed by atoms with Crippen LogP contribution >= 0.6 is 11.6 Å². The molecule has 0 saturated carbocycles. The van der Waals surface area contributed by atoms with Gasteiger partial charge < -0.3 is 25.0 Å². The Morgan fingerprint density at radius 2 is 1.83 bits per heavy atom. The predicted molar refractivity (Wildman–Crippen MR) is 134 cm³/mol. The monoisotopic (exact) mass is 519 g/mol. The zero-order chi connectivity index (χ0) is 26.2. The molecule has 2 heterocycles. The smallest absolute Gasteiger partial charge is 0.410 e. The number of halogens is 3. The number of benzene rings is 2. The van der Waals surface area contributed by atoms with Crippen LogP contribution in [-0.4, -0.2) is 59.9 Å². The molecule has 1 saturated heterocycles. The topological polar surface area (TPSA) is 93.8 Å². The first-order chi connectivity index (χ1) is 17.0. The lowest BCUT2D eigenvalue weighted by Gasteiger charge is -2.36. The molecule has 0 radical (unpaired) electrons. The molecule has 1 aromatic heterocycles. The summed E-state index contributed by atoms with van der Waals surface area (Å²) in [4.78, 5) is 24.8. The molecule has 1 amide bonds. The first-order valence-electron chi connectivity index (χ1n) is 11.5. The van der Waals surface area contributed by atoms with Gasteiger partial charge in [-0.3, -0.25) is 0 Å². The largest absolute Gasteiger partial charge is 0.496 e. The summed E-state index contributed by atoms with van der Waals surface area (Å²) in [5.74, 6) is -0.675.